The van der Waals surface area contributed by atoms with E-state index in [1.807, 2.05) is 0 Å². The molecule has 3 N–H and O–H groups in total. The number of thiophene rings is 1. The molecule has 0 spiro atoms. The molecule has 1 aromatic carbocycles. The van der Waals surface area contributed by atoms with Crippen molar-refractivity contribution in [3.63, 3.8) is 0 Å². The summed E-state index contributed by atoms with van der Waals surface area (Å²) in [6.45, 7) is 0. The average molecular weight is 444 g/mol. The van der Waals surface area contributed by atoms with E-state index in [0.29, 0.717) is 21.9 Å². The monoisotopic (exact) mass is 444 g/mol. The maximum Gasteiger partial charge on any atom is 0.405 e. The molecule has 12 heteroatoms. The molecule has 0 saturated carbocycles. The quantitative estimate of drug-likeness (QED) is 0.556. The zero-order valence-corrected chi connectivity index (χ0v) is 16.2. The molecule has 0 amide bonds. The number of alkyl halides is 3. The molecule has 1 saturated heterocycles. The minimum atomic E-state index is -4.37. The number of halogens is 3. The molecule has 0 bridgehead atoms. The molecule has 1 aliphatic rings. The third kappa shape index (κ3) is 4.29. The zero-order valence-electron chi connectivity index (χ0n) is 14.6. The summed E-state index contributed by atoms with van der Waals surface area (Å²) in [5.41, 5.74) is 5.75. The van der Waals surface area contributed by atoms with Gasteiger partial charge >= 0.3 is 6.18 Å². The van der Waals surface area contributed by atoms with E-state index in [1.165, 1.54) is 18.3 Å². The number of rotatable bonds is 5. The van der Waals surface area contributed by atoms with Crippen molar-refractivity contribution in [2.24, 2.45) is 0 Å². The lowest BCUT2D eigenvalue weighted by Crippen LogP contribution is -2.40. The molecule has 0 aliphatic carbocycles. The first kappa shape index (κ1) is 19.9. The first-order chi connectivity index (χ1) is 13.7. The lowest BCUT2D eigenvalue weighted by atomic mass is 10.1. The molecule has 3 aromatic rings. The zero-order chi connectivity index (χ0) is 20.6. The van der Waals surface area contributed by atoms with Crippen molar-refractivity contribution in [1.82, 2.24) is 16.0 Å². The van der Waals surface area contributed by atoms with Gasteiger partial charge in [0.15, 0.2) is 5.76 Å². The number of hydrazine groups is 1. The standard InChI is InChI=1S/C17H15F3N4O3S2/c18-17(19,20)15-9-12(22-23-15)14-4-5-16(28-14)29(25,26)24-11-3-1-2-10(8-11)13-6-7-21-27-13/h1-8,12,15,22-24H,9H2. The molecule has 7 nitrogen and oxygen atoms in total. The maximum atomic E-state index is 12.8. The Hall–Kier alpha value is -2.41. The van der Waals surface area contributed by atoms with Crippen LogP contribution in [0.1, 0.15) is 17.3 Å². The highest BCUT2D eigenvalue weighted by molar-refractivity contribution is 7.94. The molecule has 4 rings (SSSR count). The van der Waals surface area contributed by atoms with Crippen LogP contribution in [0.25, 0.3) is 11.3 Å². The van der Waals surface area contributed by atoms with Crippen molar-refractivity contribution in [3.8, 4) is 11.3 Å². The Morgan fingerprint density at radius 2 is 2.00 bits per heavy atom. The van der Waals surface area contributed by atoms with Crippen LogP contribution in [-0.4, -0.2) is 25.8 Å². The summed E-state index contributed by atoms with van der Waals surface area (Å²) in [6.07, 6.45) is -3.10. The van der Waals surface area contributed by atoms with E-state index in [0.717, 1.165) is 11.3 Å². The molecule has 154 valence electrons. The second-order valence-electron chi connectivity index (χ2n) is 6.39. The fraction of sp³-hybridized carbons (Fsp3) is 0.235. The van der Waals surface area contributed by atoms with Gasteiger partial charge in [-0.2, -0.15) is 13.2 Å². The van der Waals surface area contributed by atoms with Gasteiger partial charge in [0.05, 0.1) is 12.2 Å². The second kappa shape index (κ2) is 7.44. The van der Waals surface area contributed by atoms with E-state index in [9.17, 15) is 21.6 Å². The van der Waals surface area contributed by atoms with Gasteiger partial charge in [-0.05, 0) is 30.7 Å². The molecule has 3 heterocycles. The molecule has 0 radical (unpaired) electrons. The summed E-state index contributed by atoms with van der Waals surface area (Å²) in [7, 11) is -3.90. The van der Waals surface area contributed by atoms with Gasteiger partial charge in [0.1, 0.15) is 10.3 Å². The van der Waals surface area contributed by atoms with E-state index < -0.39 is 28.3 Å². The van der Waals surface area contributed by atoms with E-state index in [4.69, 9.17) is 4.52 Å². The number of sulfonamides is 1. The van der Waals surface area contributed by atoms with Crippen LogP contribution in [0.5, 0.6) is 0 Å². The minimum Gasteiger partial charge on any atom is -0.356 e. The Morgan fingerprint density at radius 1 is 1.17 bits per heavy atom. The Morgan fingerprint density at radius 3 is 2.69 bits per heavy atom. The Labute approximate surface area is 167 Å². The predicted molar refractivity (Wildman–Crippen MR) is 101 cm³/mol. The van der Waals surface area contributed by atoms with Crippen LogP contribution in [0.3, 0.4) is 0 Å². The predicted octanol–water partition coefficient (Wildman–Crippen LogP) is 3.67. The fourth-order valence-corrected chi connectivity index (χ4v) is 5.37. The second-order valence-corrected chi connectivity index (χ2v) is 9.42. The van der Waals surface area contributed by atoms with Crippen molar-refractivity contribution in [2.45, 2.75) is 28.9 Å². The largest absolute Gasteiger partial charge is 0.405 e. The highest BCUT2D eigenvalue weighted by Crippen LogP contribution is 2.36. The van der Waals surface area contributed by atoms with Crippen molar-refractivity contribution in [1.29, 1.82) is 0 Å². The van der Waals surface area contributed by atoms with E-state index in [-0.39, 0.29) is 10.6 Å². The lowest BCUT2D eigenvalue weighted by Gasteiger charge is -2.12. The number of nitrogens with zero attached hydrogens (tertiary/aromatic N) is 1. The third-order valence-corrected chi connectivity index (χ3v) is 7.42. The van der Waals surface area contributed by atoms with Crippen molar-refractivity contribution < 1.29 is 26.1 Å². The van der Waals surface area contributed by atoms with Crippen LogP contribution in [0.15, 0.2) is 57.4 Å². The van der Waals surface area contributed by atoms with Crippen molar-refractivity contribution in [3.05, 3.63) is 53.5 Å². The summed E-state index contributed by atoms with van der Waals surface area (Å²) in [4.78, 5) is 0.500. The molecule has 2 aromatic heterocycles. The van der Waals surface area contributed by atoms with Gasteiger partial charge in [-0.3, -0.25) is 4.72 Å². The van der Waals surface area contributed by atoms with Gasteiger partial charge in [-0.1, -0.05) is 17.3 Å². The van der Waals surface area contributed by atoms with Crippen LogP contribution < -0.4 is 15.6 Å². The SMILES string of the molecule is O=S(=O)(Nc1cccc(-c2ccno2)c1)c1ccc(C2CC(C(F)(F)F)NN2)s1. The maximum absolute atomic E-state index is 12.8. The molecule has 1 fully saturated rings. The van der Waals surface area contributed by atoms with Crippen LogP contribution in [0.4, 0.5) is 18.9 Å². The normalized spacial score (nSPS) is 20.1. The highest BCUT2D eigenvalue weighted by atomic mass is 32.2. The Balaban J connectivity index is 1.50. The van der Waals surface area contributed by atoms with E-state index in [1.54, 1.807) is 30.3 Å². The van der Waals surface area contributed by atoms with E-state index >= 15 is 0 Å². The molecule has 2 atom stereocenters. The molecule has 29 heavy (non-hydrogen) atoms. The van der Waals surface area contributed by atoms with Crippen molar-refractivity contribution >= 4 is 27.0 Å². The Kier molecular flexibility index (Phi) is 5.11. The average Bonchev–Trinajstić information content (AvgIpc) is 3.41. The van der Waals surface area contributed by atoms with Gasteiger partial charge in [0.25, 0.3) is 10.0 Å². The molecule has 2 unspecified atom stereocenters. The summed E-state index contributed by atoms with van der Waals surface area (Å²) in [5, 5.41) is 3.62. The van der Waals surface area contributed by atoms with Gasteiger partial charge in [0.2, 0.25) is 0 Å². The van der Waals surface area contributed by atoms with Crippen LogP contribution in [0.2, 0.25) is 0 Å². The molecule has 1 aliphatic heterocycles. The number of anilines is 1. The summed E-state index contributed by atoms with van der Waals surface area (Å²) < 4.78 is 71.4. The first-order valence-corrected chi connectivity index (χ1v) is 10.7. The summed E-state index contributed by atoms with van der Waals surface area (Å²) in [6, 6.07) is 8.85. The number of benzene rings is 1. The minimum absolute atomic E-state index is 0.00910. The summed E-state index contributed by atoms with van der Waals surface area (Å²) >= 11 is 0.922. The third-order valence-electron chi connectivity index (χ3n) is 4.35. The highest BCUT2D eigenvalue weighted by Gasteiger charge is 2.44. The topological polar surface area (TPSA) is 96.3 Å². The van der Waals surface area contributed by atoms with Gasteiger partial charge in [-0.15, -0.1) is 11.3 Å². The van der Waals surface area contributed by atoms with Crippen molar-refractivity contribution in [2.75, 3.05) is 4.72 Å². The fourth-order valence-electron chi connectivity index (χ4n) is 2.93. The molecular weight excluding hydrogens is 429 g/mol. The number of hydrogen-bond acceptors (Lipinski definition) is 7. The Bertz CT molecular complexity index is 1100. The van der Waals surface area contributed by atoms with Crippen LogP contribution in [-0.2, 0) is 10.0 Å². The van der Waals surface area contributed by atoms with Crippen LogP contribution in [0, 0.1) is 0 Å². The van der Waals surface area contributed by atoms with Crippen LogP contribution >= 0.6 is 11.3 Å². The number of aromatic nitrogens is 1. The smallest absolute Gasteiger partial charge is 0.356 e. The number of nitrogens with one attached hydrogen (secondary N) is 3. The first-order valence-electron chi connectivity index (χ1n) is 8.44. The molecular formula is C17H15F3N4O3S2. The van der Waals surface area contributed by atoms with Gasteiger partial charge in [-0.25, -0.2) is 19.3 Å². The van der Waals surface area contributed by atoms with Gasteiger partial charge in [0, 0.05) is 22.2 Å². The lowest BCUT2D eigenvalue weighted by molar-refractivity contribution is -0.153. The summed E-state index contributed by atoms with van der Waals surface area (Å²) in [5.74, 6) is 0.489. The number of hydrogen-bond donors (Lipinski definition) is 3. The van der Waals surface area contributed by atoms with Gasteiger partial charge < -0.3 is 4.52 Å². The van der Waals surface area contributed by atoms with E-state index in [2.05, 4.69) is 20.7 Å².